The molecule has 0 saturated heterocycles. The van der Waals surface area contributed by atoms with Crippen molar-refractivity contribution in [2.45, 2.75) is 18.9 Å². The van der Waals surface area contributed by atoms with Gasteiger partial charge in [0.05, 0.1) is 11.6 Å². The van der Waals surface area contributed by atoms with E-state index in [9.17, 15) is 9.18 Å². The molecule has 3 nitrogen and oxygen atoms in total. The number of nitrogens with two attached hydrogens (primary N) is 1. The minimum Gasteiger partial charge on any atom is -0.399 e. The maximum atomic E-state index is 13.9. The van der Waals surface area contributed by atoms with Crippen LogP contribution in [0.25, 0.3) is 0 Å². The molecule has 2 N–H and O–H groups in total. The molecule has 0 radical (unpaired) electrons. The molecule has 108 valence electrons. The molecule has 1 amide bonds. The van der Waals surface area contributed by atoms with Gasteiger partial charge in [0.2, 0.25) is 0 Å². The predicted octanol–water partition coefficient (Wildman–Crippen LogP) is 3.17. The van der Waals surface area contributed by atoms with Crippen LogP contribution in [-0.4, -0.2) is 17.9 Å². The van der Waals surface area contributed by atoms with Gasteiger partial charge in [0.15, 0.2) is 0 Å². The fourth-order valence-electron chi connectivity index (χ4n) is 2.98. The third kappa shape index (κ3) is 2.37. The Kier molecular flexibility index (Phi) is 3.37. The van der Waals surface area contributed by atoms with Gasteiger partial charge >= 0.3 is 0 Å². The van der Waals surface area contributed by atoms with E-state index < -0.39 is 5.82 Å². The highest BCUT2D eigenvalue weighted by Crippen LogP contribution is 2.35. The van der Waals surface area contributed by atoms with Crippen molar-refractivity contribution in [3.63, 3.8) is 0 Å². The third-order valence-corrected chi connectivity index (χ3v) is 4.11. The first-order valence-electron chi connectivity index (χ1n) is 6.98. The Balaban J connectivity index is 1.91. The number of amides is 1. The number of carbonyl (C=O) groups is 1. The lowest BCUT2D eigenvalue weighted by molar-refractivity contribution is 0.0726. The van der Waals surface area contributed by atoms with E-state index in [1.807, 2.05) is 18.2 Å². The zero-order valence-electron chi connectivity index (χ0n) is 11.8. The minimum absolute atomic E-state index is 0.00506. The summed E-state index contributed by atoms with van der Waals surface area (Å²) >= 11 is 0. The van der Waals surface area contributed by atoms with Crippen molar-refractivity contribution in [2.75, 3.05) is 12.8 Å². The summed E-state index contributed by atoms with van der Waals surface area (Å²) in [6, 6.07) is 12.2. The first-order chi connectivity index (χ1) is 10.1. The van der Waals surface area contributed by atoms with Crippen LogP contribution in [0.1, 0.15) is 33.9 Å². The monoisotopic (exact) mass is 284 g/mol. The van der Waals surface area contributed by atoms with Gasteiger partial charge in [0.25, 0.3) is 5.91 Å². The first kappa shape index (κ1) is 13.6. The normalized spacial score (nSPS) is 16.6. The van der Waals surface area contributed by atoms with Crippen LogP contribution < -0.4 is 5.73 Å². The molecule has 0 saturated carbocycles. The van der Waals surface area contributed by atoms with E-state index in [4.69, 9.17) is 5.73 Å². The number of halogens is 1. The lowest BCUT2D eigenvalue weighted by atomic mass is 10.1. The summed E-state index contributed by atoms with van der Waals surface area (Å²) < 4.78 is 13.9. The summed E-state index contributed by atoms with van der Waals surface area (Å²) in [4.78, 5) is 14.2. The molecule has 0 fully saturated rings. The minimum atomic E-state index is -0.535. The zero-order chi connectivity index (χ0) is 15.0. The standard InChI is InChI=1S/C17H17FN2O/c1-20(16-9-6-11-4-2-3-5-13(11)16)17(21)14-10-12(19)7-8-15(14)18/h2-5,7-8,10,16H,6,9,19H2,1H3. The number of benzene rings is 2. The van der Waals surface area contributed by atoms with E-state index in [2.05, 4.69) is 6.07 Å². The molecule has 2 aromatic rings. The molecule has 21 heavy (non-hydrogen) atoms. The number of hydrogen-bond acceptors (Lipinski definition) is 2. The molecular formula is C17H17FN2O. The van der Waals surface area contributed by atoms with Gasteiger partial charge in [-0.05, 0) is 42.2 Å². The van der Waals surface area contributed by atoms with Crippen LogP contribution in [0.15, 0.2) is 42.5 Å². The molecule has 0 aromatic heterocycles. The molecule has 2 aromatic carbocycles. The highest BCUT2D eigenvalue weighted by atomic mass is 19.1. The second-order valence-corrected chi connectivity index (χ2v) is 5.41. The van der Waals surface area contributed by atoms with Gasteiger partial charge in [-0.25, -0.2) is 4.39 Å². The molecule has 0 bridgehead atoms. The summed E-state index contributed by atoms with van der Waals surface area (Å²) in [7, 11) is 1.72. The summed E-state index contributed by atoms with van der Waals surface area (Å²) in [5.74, 6) is -0.867. The van der Waals surface area contributed by atoms with Gasteiger partial charge in [-0.2, -0.15) is 0 Å². The third-order valence-electron chi connectivity index (χ3n) is 4.11. The number of hydrogen-bond donors (Lipinski definition) is 1. The van der Waals surface area contributed by atoms with Gasteiger partial charge in [0, 0.05) is 12.7 Å². The van der Waals surface area contributed by atoms with Crippen molar-refractivity contribution in [2.24, 2.45) is 0 Å². The number of nitrogen functional groups attached to an aromatic ring is 1. The van der Waals surface area contributed by atoms with Crippen LogP contribution in [0, 0.1) is 5.82 Å². The number of rotatable bonds is 2. The number of anilines is 1. The Morgan fingerprint density at radius 1 is 1.29 bits per heavy atom. The van der Waals surface area contributed by atoms with E-state index in [1.165, 1.54) is 23.8 Å². The predicted molar refractivity (Wildman–Crippen MR) is 80.4 cm³/mol. The Morgan fingerprint density at radius 2 is 2.05 bits per heavy atom. The molecule has 4 heteroatoms. The molecule has 1 aliphatic carbocycles. The van der Waals surface area contributed by atoms with Crippen molar-refractivity contribution in [3.8, 4) is 0 Å². The van der Waals surface area contributed by atoms with E-state index >= 15 is 0 Å². The molecule has 3 rings (SSSR count). The van der Waals surface area contributed by atoms with E-state index in [1.54, 1.807) is 11.9 Å². The van der Waals surface area contributed by atoms with Crippen LogP contribution in [0.3, 0.4) is 0 Å². The average molecular weight is 284 g/mol. The summed E-state index contributed by atoms with van der Waals surface area (Å²) in [6.45, 7) is 0. The molecule has 1 unspecified atom stereocenters. The lowest BCUT2D eigenvalue weighted by Gasteiger charge is -2.25. The molecule has 0 aliphatic heterocycles. The van der Waals surface area contributed by atoms with Crippen molar-refractivity contribution in [3.05, 3.63) is 65.0 Å². The molecule has 1 atom stereocenters. The molecule has 0 spiro atoms. The molecule has 0 heterocycles. The fraction of sp³-hybridized carbons (Fsp3) is 0.235. The smallest absolute Gasteiger partial charge is 0.257 e. The van der Waals surface area contributed by atoms with Gasteiger partial charge in [0.1, 0.15) is 5.82 Å². The summed E-state index contributed by atoms with van der Waals surface area (Å²) in [6.07, 6.45) is 1.81. The fourth-order valence-corrected chi connectivity index (χ4v) is 2.98. The van der Waals surface area contributed by atoms with Gasteiger partial charge in [-0.1, -0.05) is 24.3 Å². The topological polar surface area (TPSA) is 46.3 Å². The second kappa shape index (κ2) is 5.20. The SMILES string of the molecule is CN(C(=O)c1cc(N)ccc1F)C1CCc2ccccc21. The molecular weight excluding hydrogens is 267 g/mol. The second-order valence-electron chi connectivity index (χ2n) is 5.41. The number of fused-ring (bicyclic) bond motifs is 1. The summed E-state index contributed by atoms with van der Waals surface area (Å²) in [5.41, 5.74) is 8.49. The molecule has 1 aliphatic rings. The Hall–Kier alpha value is -2.36. The maximum Gasteiger partial charge on any atom is 0.257 e. The van der Waals surface area contributed by atoms with Gasteiger partial charge < -0.3 is 10.6 Å². The van der Waals surface area contributed by atoms with Gasteiger partial charge in [-0.15, -0.1) is 0 Å². The Labute approximate surface area is 123 Å². The van der Waals surface area contributed by atoms with Gasteiger partial charge in [-0.3, -0.25) is 4.79 Å². The van der Waals surface area contributed by atoms with Crippen LogP contribution >= 0.6 is 0 Å². The van der Waals surface area contributed by atoms with Crippen molar-refractivity contribution < 1.29 is 9.18 Å². The average Bonchev–Trinajstić information content (AvgIpc) is 2.92. The zero-order valence-corrected chi connectivity index (χ0v) is 11.8. The largest absolute Gasteiger partial charge is 0.399 e. The van der Waals surface area contributed by atoms with Crippen LogP contribution in [0.5, 0.6) is 0 Å². The Bertz CT molecular complexity index is 699. The summed E-state index contributed by atoms with van der Waals surface area (Å²) in [5, 5.41) is 0. The highest BCUT2D eigenvalue weighted by Gasteiger charge is 2.29. The number of nitrogens with zero attached hydrogens (tertiary/aromatic N) is 1. The van der Waals surface area contributed by atoms with Crippen LogP contribution in [0.4, 0.5) is 10.1 Å². The first-order valence-corrected chi connectivity index (χ1v) is 6.98. The van der Waals surface area contributed by atoms with E-state index in [0.717, 1.165) is 18.4 Å². The van der Waals surface area contributed by atoms with E-state index in [-0.39, 0.29) is 17.5 Å². The van der Waals surface area contributed by atoms with Crippen molar-refractivity contribution in [1.82, 2.24) is 4.90 Å². The quantitative estimate of drug-likeness (QED) is 0.861. The van der Waals surface area contributed by atoms with Crippen LogP contribution in [-0.2, 0) is 6.42 Å². The lowest BCUT2D eigenvalue weighted by Crippen LogP contribution is -2.30. The maximum absolute atomic E-state index is 13.9. The van der Waals surface area contributed by atoms with Crippen molar-refractivity contribution in [1.29, 1.82) is 0 Å². The van der Waals surface area contributed by atoms with Crippen molar-refractivity contribution >= 4 is 11.6 Å². The highest BCUT2D eigenvalue weighted by molar-refractivity contribution is 5.95. The Morgan fingerprint density at radius 3 is 2.86 bits per heavy atom. The number of aryl methyl sites for hydroxylation is 1. The van der Waals surface area contributed by atoms with E-state index in [0.29, 0.717) is 5.69 Å². The van der Waals surface area contributed by atoms with Crippen LogP contribution in [0.2, 0.25) is 0 Å². The number of carbonyl (C=O) groups excluding carboxylic acids is 1.